The molecule has 7 heteroatoms. The fraction of sp³-hybridized carbons (Fsp3) is 0.700. The molecule has 1 aliphatic rings. The minimum Gasteiger partial charge on any atom is -0.337 e. The molecule has 0 radical (unpaired) electrons. The minimum absolute atomic E-state index is 0.0299. The predicted octanol–water partition coefficient (Wildman–Crippen LogP) is -0.289. The smallest absolute Gasteiger partial charge is 0.262 e. The van der Waals surface area contributed by atoms with Gasteiger partial charge in [-0.3, -0.25) is 0 Å². The molecule has 0 spiro atoms. The van der Waals surface area contributed by atoms with Crippen molar-refractivity contribution in [3.63, 3.8) is 0 Å². The molecular formula is C10H18N4O2S. The van der Waals surface area contributed by atoms with Crippen molar-refractivity contribution in [2.75, 3.05) is 20.1 Å². The predicted molar refractivity (Wildman–Crippen MR) is 64.2 cm³/mol. The zero-order valence-corrected chi connectivity index (χ0v) is 11.2. The van der Waals surface area contributed by atoms with Gasteiger partial charge >= 0.3 is 0 Å². The third kappa shape index (κ3) is 2.22. The number of hydrogen-bond donors (Lipinski definition) is 1. The van der Waals surface area contributed by atoms with Crippen molar-refractivity contribution >= 4 is 10.0 Å². The Balaban J connectivity index is 2.29. The van der Waals surface area contributed by atoms with Crippen LogP contribution in [0.2, 0.25) is 0 Å². The second kappa shape index (κ2) is 4.40. The van der Waals surface area contributed by atoms with Gasteiger partial charge in [-0.25, -0.2) is 13.4 Å². The van der Waals surface area contributed by atoms with E-state index >= 15 is 0 Å². The molecule has 96 valence electrons. The second-order valence-electron chi connectivity index (χ2n) is 4.41. The molecule has 2 rings (SSSR count). The molecule has 6 nitrogen and oxygen atoms in total. The highest BCUT2D eigenvalue weighted by Gasteiger charge is 2.31. The molecule has 1 saturated heterocycles. The van der Waals surface area contributed by atoms with E-state index in [1.54, 1.807) is 31.8 Å². The van der Waals surface area contributed by atoms with Crippen LogP contribution in [0.4, 0.5) is 0 Å². The SMILES string of the molecule is Cc1nc(S(=O)(=O)N(C)C2CCNC2)cn1C. The van der Waals surface area contributed by atoms with E-state index in [1.807, 2.05) is 0 Å². The van der Waals surface area contributed by atoms with Crippen molar-refractivity contribution in [3.8, 4) is 0 Å². The van der Waals surface area contributed by atoms with Crippen LogP contribution in [0.15, 0.2) is 11.2 Å². The average molecular weight is 258 g/mol. The third-order valence-corrected chi connectivity index (χ3v) is 5.06. The molecule has 1 atom stereocenters. The standard InChI is InChI=1S/C10H18N4O2S/c1-8-12-10(7-13(8)2)17(15,16)14(3)9-4-5-11-6-9/h7,9,11H,4-6H2,1-3H3. The van der Waals surface area contributed by atoms with E-state index in [-0.39, 0.29) is 11.1 Å². The molecule has 0 aliphatic carbocycles. The highest BCUT2D eigenvalue weighted by atomic mass is 32.2. The van der Waals surface area contributed by atoms with E-state index in [0.29, 0.717) is 12.4 Å². The summed E-state index contributed by atoms with van der Waals surface area (Å²) in [7, 11) is -0.0505. The third-order valence-electron chi connectivity index (χ3n) is 3.28. The zero-order valence-electron chi connectivity index (χ0n) is 10.3. The zero-order chi connectivity index (χ0) is 12.6. The summed E-state index contributed by atoms with van der Waals surface area (Å²) < 4.78 is 27.8. The van der Waals surface area contributed by atoms with Gasteiger partial charge in [-0.1, -0.05) is 0 Å². The van der Waals surface area contributed by atoms with Crippen LogP contribution in [0.5, 0.6) is 0 Å². The summed E-state index contributed by atoms with van der Waals surface area (Å²) in [6.07, 6.45) is 2.41. The number of hydrogen-bond acceptors (Lipinski definition) is 4. The van der Waals surface area contributed by atoms with Crippen LogP contribution in [0.25, 0.3) is 0 Å². The lowest BCUT2D eigenvalue weighted by Crippen LogP contribution is -2.38. The van der Waals surface area contributed by atoms with Crippen molar-refractivity contribution in [1.82, 2.24) is 19.2 Å². The average Bonchev–Trinajstić information content (AvgIpc) is 2.88. The van der Waals surface area contributed by atoms with Gasteiger partial charge in [0, 0.05) is 32.9 Å². The van der Waals surface area contributed by atoms with E-state index in [2.05, 4.69) is 10.3 Å². The maximum atomic E-state index is 12.3. The van der Waals surface area contributed by atoms with Crippen molar-refractivity contribution in [2.45, 2.75) is 24.4 Å². The maximum Gasteiger partial charge on any atom is 0.262 e. The Kier molecular flexibility index (Phi) is 3.24. The number of nitrogens with one attached hydrogen (secondary N) is 1. The summed E-state index contributed by atoms with van der Waals surface area (Å²) in [6, 6.07) is 0.0299. The molecule has 1 fully saturated rings. The Morgan fingerprint density at radius 1 is 1.59 bits per heavy atom. The molecule has 0 aromatic carbocycles. The number of imidazole rings is 1. The first-order chi connectivity index (χ1) is 7.93. The molecule has 1 aromatic heterocycles. The van der Waals surface area contributed by atoms with Crippen molar-refractivity contribution < 1.29 is 8.42 Å². The molecule has 0 amide bonds. The van der Waals surface area contributed by atoms with Gasteiger partial charge in [0.2, 0.25) is 0 Å². The van der Waals surface area contributed by atoms with Gasteiger partial charge in [-0.15, -0.1) is 0 Å². The summed E-state index contributed by atoms with van der Waals surface area (Å²) in [5.74, 6) is 0.696. The molecule has 17 heavy (non-hydrogen) atoms. The topological polar surface area (TPSA) is 67.2 Å². The normalized spacial score (nSPS) is 21.3. The van der Waals surface area contributed by atoms with Crippen LogP contribution in [0.3, 0.4) is 0 Å². The summed E-state index contributed by atoms with van der Waals surface area (Å²) >= 11 is 0. The first-order valence-corrected chi connectivity index (χ1v) is 7.05. The van der Waals surface area contributed by atoms with Crippen LogP contribution < -0.4 is 5.32 Å². The summed E-state index contributed by atoms with van der Waals surface area (Å²) in [5, 5.41) is 3.29. The first kappa shape index (κ1) is 12.5. The van der Waals surface area contributed by atoms with Crippen molar-refractivity contribution in [2.24, 2.45) is 7.05 Å². The number of rotatable bonds is 3. The summed E-state index contributed by atoms with van der Waals surface area (Å²) in [6.45, 7) is 3.36. The second-order valence-corrected chi connectivity index (χ2v) is 6.35. The van der Waals surface area contributed by atoms with E-state index < -0.39 is 10.0 Å². The quantitative estimate of drug-likeness (QED) is 0.809. The van der Waals surface area contributed by atoms with Crippen LogP contribution >= 0.6 is 0 Å². The van der Waals surface area contributed by atoms with Crippen molar-refractivity contribution in [1.29, 1.82) is 0 Å². The van der Waals surface area contributed by atoms with Crippen LogP contribution in [0, 0.1) is 6.92 Å². The highest BCUT2D eigenvalue weighted by molar-refractivity contribution is 7.89. The Bertz CT molecular complexity index is 483. The number of aryl methyl sites for hydroxylation is 2. The van der Waals surface area contributed by atoms with Crippen LogP contribution in [-0.2, 0) is 17.1 Å². The minimum atomic E-state index is -3.46. The molecule has 1 aliphatic heterocycles. The lowest BCUT2D eigenvalue weighted by molar-refractivity contribution is 0.386. The van der Waals surface area contributed by atoms with E-state index in [1.165, 1.54) is 4.31 Å². The van der Waals surface area contributed by atoms with Crippen LogP contribution in [0.1, 0.15) is 12.2 Å². The van der Waals surface area contributed by atoms with Gasteiger partial charge in [-0.05, 0) is 19.9 Å². The molecule has 1 unspecified atom stereocenters. The van der Waals surface area contributed by atoms with E-state index in [0.717, 1.165) is 13.0 Å². The Hall–Kier alpha value is -0.920. The fourth-order valence-electron chi connectivity index (χ4n) is 1.94. The molecule has 1 N–H and O–H groups in total. The Morgan fingerprint density at radius 3 is 2.76 bits per heavy atom. The molecule has 0 saturated carbocycles. The first-order valence-electron chi connectivity index (χ1n) is 5.61. The van der Waals surface area contributed by atoms with Gasteiger partial charge in [0.15, 0.2) is 5.03 Å². The van der Waals surface area contributed by atoms with Gasteiger partial charge in [0.1, 0.15) is 5.82 Å². The van der Waals surface area contributed by atoms with E-state index in [9.17, 15) is 8.42 Å². The lowest BCUT2D eigenvalue weighted by Gasteiger charge is -2.21. The molecular weight excluding hydrogens is 240 g/mol. The Labute approximate surface area is 102 Å². The molecule has 0 bridgehead atoms. The molecule has 2 heterocycles. The largest absolute Gasteiger partial charge is 0.337 e. The number of likely N-dealkylation sites (N-methyl/N-ethyl adjacent to an activating group) is 1. The number of sulfonamides is 1. The number of aromatic nitrogens is 2. The highest BCUT2D eigenvalue weighted by Crippen LogP contribution is 2.18. The number of nitrogens with zero attached hydrogens (tertiary/aromatic N) is 3. The van der Waals surface area contributed by atoms with Crippen LogP contribution in [-0.4, -0.2) is 48.5 Å². The Morgan fingerprint density at radius 2 is 2.29 bits per heavy atom. The summed E-state index contributed by atoms with van der Waals surface area (Å²) in [4.78, 5) is 4.09. The lowest BCUT2D eigenvalue weighted by atomic mass is 10.3. The fourth-order valence-corrected chi connectivity index (χ4v) is 3.35. The van der Waals surface area contributed by atoms with Crippen molar-refractivity contribution in [3.05, 3.63) is 12.0 Å². The van der Waals surface area contributed by atoms with Gasteiger partial charge in [0.05, 0.1) is 0 Å². The van der Waals surface area contributed by atoms with Gasteiger partial charge in [-0.2, -0.15) is 4.31 Å². The summed E-state index contributed by atoms with van der Waals surface area (Å²) in [5.41, 5.74) is 0. The van der Waals surface area contributed by atoms with Gasteiger partial charge < -0.3 is 9.88 Å². The molecule has 1 aromatic rings. The van der Waals surface area contributed by atoms with Gasteiger partial charge in [0.25, 0.3) is 10.0 Å². The monoisotopic (exact) mass is 258 g/mol. The van der Waals surface area contributed by atoms with E-state index in [4.69, 9.17) is 0 Å². The maximum absolute atomic E-state index is 12.3.